The molecule has 0 atom stereocenters. The summed E-state index contributed by atoms with van der Waals surface area (Å²) < 4.78 is 0. The van der Waals surface area contributed by atoms with Gasteiger partial charge >= 0.3 is 12.0 Å². The first kappa shape index (κ1) is 16.0. The summed E-state index contributed by atoms with van der Waals surface area (Å²) in [5.41, 5.74) is 2.12. The van der Waals surface area contributed by atoms with Crippen molar-refractivity contribution in [2.75, 3.05) is 13.1 Å². The smallest absolute Gasteiger partial charge is 0.323 e. The molecule has 0 aliphatic carbocycles. The third-order valence-corrected chi connectivity index (χ3v) is 2.73. The normalized spacial score (nSPS) is 10.4. The Morgan fingerprint density at radius 2 is 2.05 bits per heavy atom. The van der Waals surface area contributed by atoms with Crippen molar-refractivity contribution in [3.8, 4) is 0 Å². The fraction of sp³-hybridized carbons (Fsp3) is 0.467. The molecule has 0 heterocycles. The molecule has 1 rings (SSSR count). The van der Waals surface area contributed by atoms with Gasteiger partial charge in [-0.25, -0.2) is 4.79 Å². The van der Waals surface area contributed by atoms with Crippen molar-refractivity contribution < 1.29 is 14.7 Å². The molecule has 5 heteroatoms. The Labute approximate surface area is 119 Å². The summed E-state index contributed by atoms with van der Waals surface area (Å²) in [7, 11) is 0. The minimum Gasteiger partial charge on any atom is -0.480 e. The van der Waals surface area contributed by atoms with E-state index in [-0.39, 0.29) is 18.5 Å². The quantitative estimate of drug-likeness (QED) is 0.838. The molecule has 5 nitrogen and oxygen atoms in total. The molecule has 0 spiro atoms. The molecule has 0 aromatic heterocycles. The first-order valence-electron chi connectivity index (χ1n) is 6.68. The van der Waals surface area contributed by atoms with E-state index in [2.05, 4.69) is 5.32 Å². The maximum Gasteiger partial charge on any atom is 0.323 e. The van der Waals surface area contributed by atoms with Crippen molar-refractivity contribution in [3.05, 3.63) is 35.4 Å². The fourth-order valence-corrected chi connectivity index (χ4v) is 1.93. The Hall–Kier alpha value is -2.04. The van der Waals surface area contributed by atoms with Crippen LogP contribution in [0.3, 0.4) is 0 Å². The predicted molar refractivity (Wildman–Crippen MR) is 77.5 cm³/mol. The third-order valence-electron chi connectivity index (χ3n) is 2.73. The summed E-state index contributed by atoms with van der Waals surface area (Å²) >= 11 is 0. The Balaban J connectivity index is 2.59. The molecular formula is C15H22N2O3. The van der Waals surface area contributed by atoms with E-state index in [4.69, 9.17) is 5.11 Å². The van der Waals surface area contributed by atoms with Gasteiger partial charge in [0, 0.05) is 13.1 Å². The van der Waals surface area contributed by atoms with Gasteiger partial charge in [-0.05, 0) is 18.4 Å². The lowest BCUT2D eigenvalue weighted by molar-refractivity contribution is -0.137. The van der Waals surface area contributed by atoms with Crippen LogP contribution in [0.4, 0.5) is 4.79 Å². The predicted octanol–water partition coefficient (Wildman–Crippen LogP) is 2.25. The molecule has 0 aliphatic heterocycles. The van der Waals surface area contributed by atoms with Gasteiger partial charge in [-0.3, -0.25) is 4.79 Å². The summed E-state index contributed by atoms with van der Waals surface area (Å²) in [5.74, 6) is -0.782. The molecule has 0 radical (unpaired) electrons. The number of carboxylic acid groups (broad SMARTS) is 1. The Morgan fingerprint density at radius 3 is 2.60 bits per heavy atom. The molecule has 0 bridgehead atoms. The van der Waals surface area contributed by atoms with Gasteiger partial charge in [0.25, 0.3) is 0 Å². The molecule has 1 aromatic carbocycles. The van der Waals surface area contributed by atoms with Gasteiger partial charge in [0.05, 0.1) is 0 Å². The van der Waals surface area contributed by atoms with E-state index in [1.54, 1.807) is 0 Å². The number of hydrogen-bond donors (Lipinski definition) is 2. The average molecular weight is 278 g/mol. The lowest BCUT2D eigenvalue weighted by atomic mass is 10.1. The number of urea groups is 1. The highest BCUT2D eigenvalue weighted by Gasteiger charge is 2.17. The number of carboxylic acids is 1. The van der Waals surface area contributed by atoms with Crippen LogP contribution in [0.1, 0.15) is 25.0 Å². The molecule has 2 N–H and O–H groups in total. The van der Waals surface area contributed by atoms with E-state index in [0.717, 1.165) is 11.1 Å². The second-order valence-corrected chi connectivity index (χ2v) is 5.32. The van der Waals surface area contributed by atoms with E-state index in [0.29, 0.717) is 13.1 Å². The highest BCUT2D eigenvalue weighted by atomic mass is 16.4. The van der Waals surface area contributed by atoms with E-state index in [9.17, 15) is 9.59 Å². The van der Waals surface area contributed by atoms with Gasteiger partial charge in [-0.1, -0.05) is 43.7 Å². The Bertz CT molecular complexity index is 472. The van der Waals surface area contributed by atoms with Gasteiger partial charge in [-0.15, -0.1) is 0 Å². The third kappa shape index (κ3) is 5.73. The highest BCUT2D eigenvalue weighted by molar-refractivity contribution is 5.80. The second kappa shape index (κ2) is 7.53. The minimum absolute atomic E-state index is 0.221. The molecule has 0 unspecified atom stereocenters. The summed E-state index contributed by atoms with van der Waals surface area (Å²) in [6, 6.07) is 7.49. The number of hydrogen-bond acceptors (Lipinski definition) is 2. The van der Waals surface area contributed by atoms with Crippen LogP contribution >= 0.6 is 0 Å². The lowest BCUT2D eigenvalue weighted by Crippen LogP contribution is -2.44. The van der Waals surface area contributed by atoms with E-state index < -0.39 is 5.97 Å². The molecule has 20 heavy (non-hydrogen) atoms. The van der Waals surface area contributed by atoms with Crippen LogP contribution in [0.5, 0.6) is 0 Å². The first-order chi connectivity index (χ1) is 9.38. The van der Waals surface area contributed by atoms with Crippen LogP contribution in [-0.2, 0) is 11.3 Å². The zero-order valence-electron chi connectivity index (χ0n) is 12.2. The summed E-state index contributed by atoms with van der Waals surface area (Å²) in [6.45, 7) is 6.42. The van der Waals surface area contributed by atoms with Gasteiger partial charge in [-0.2, -0.15) is 0 Å². The van der Waals surface area contributed by atoms with E-state index in [1.807, 2.05) is 45.0 Å². The summed E-state index contributed by atoms with van der Waals surface area (Å²) in [5, 5.41) is 11.6. The molecule has 0 aliphatic rings. The maximum atomic E-state index is 12.0. The highest BCUT2D eigenvalue weighted by Crippen LogP contribution is 2.04. The molecule has 0 fully saturated rings. The fourth-order valence-electron chi connectivity index (χ4n) is 1.93. The van der Waals surface area contributed by atoms with Crippen molar-refractivity contribution in [2.45, 2.75) is 27.3 Å². The average Bonchev–Trinajstić information content (AvgIpc) is 2.34. The zero-order chi connectivity index (χ0) is 15.1. The van der Waals surface area contributed by atoms with Crippen LogP contribution in [-0.4, -0.2) is 35.1 Å². The van der Waals surface area contributed by atoms with Crippen LogP contribution in [0.15, 0.2) is 24.3 Å². The number of carbonyl (C=O) groups excluding carboxylic acids is 1. The van der Waals surface area contributed by atoms with E-state index in [1.165, 1.54) is 4.90 Å². The van der Waals surface area contributed by atoms with E-state index >= 15 is 0 Å². The second-order valence-electron chi connectivity index (χ2n) is 5.32. The molecular weight excluding hydrogens is 256 g/mol. The van der Waals surface area contributed by atoms with Crippen molar-refractivity contribution in [1.29, 1.82) is 0 Å². The Kier molecular flexibility index (Phi) is 6.03. The monoisotopic (exact) mass is 278 g/mol. The number of aliphatic carboxylic acids is 1. The van der Waals surface area contributed by atoms with Crippen LogP contribution < -0.4 is 5.32 Å². The molecule has 0 saturated carbocycles. The molecule has 0 saturated heterocycles. The van der Waals surface area contributed by atoms with Crippen molar-refractivity contribution in [3.63, 3.8) is 0 Å². The number of aryl methyl sites for hydroxylation is 1. The number of rotatable bonds is 6. The summed E-state index contributed by atoms with van der Waals surface area (Å²) in [6.07, 6.45) is 0. The first-order valence-corrected chi connectivity index (χ1v) is 6.68. The zero-order valence-corrected chi connectivity index (χ0v) is 12.2. The standard InChI is InChI=1S/C15H22N2O3/c1-11(2)9-17(10-14(18)19)15(20)16-8-13-6-4-5-12(3)7-13/h4-7,11H,8-10H2,1-3H3,(H,16,20)(H,18,19). The lowest BCUT2D eigenvalue weighted by Gasteiger charge is -2.23. The Morgan fingerprint density at radius 1 is 1.35 bits per heavy atom. The van der Waals surface area contributed by atoms with Crippen LogP contribution in [0, 0.1) is 12.8 Å². The molecule has 2 amide bonds. The van der Waals surface area contributed by atoms with Crippen molar-refractivity contribution in [2.24, 2.45) is 5.92 Å². The minimum atomic E-state index is -1.00. The maximum absolute atomic E-state index is 12.0. The topological polar surface area (TPSA) is 69.6 Å². The van der Waals surface area contributed by atoms with Crippen molar-refractivity contribution >= 4 is 12.0 Å². The molecule has 1 aromatic rings. The summed E-state index contributed by atoms with van der Waals surface area (Å²) in [4.78, 5) is 24.1. The number of benzene rings is 1. The van der Waals surface area contributed by atoms with Gasteiger partial charge < -0.3 is 15.3 Å². The number of amides is 2. The number of nitrogens with one attached hydrogen (secondary N) is 1. The van der Waals surface area contributed by atoms with Gasteiger partial charge in [0.15, 0.2) is 0 Å². The van der Waals surface area contributed by atoms with Crippen LogP contribution in [0.2, 0.25) is 0 Å². The SMILES string of the molecule is Cc1cccc(CNC(=O)N(CC(=O)O)CC(C)C)c1. The number of nitrogens with zero attached hydrogens (tertiary/aromatic N) is 1. The largest absolute Gasteiger partial charge is 0.480 e. The van der Waals surface area contributed by atoms with Crippen LogP contribution in [0.25, 0.3) is 0 Å². The van der Waals surface area contributed by atoms with Crippen molar-refractivity contribution in [1.82, 2.24) is 10.2 Å². The molecule has 110 valence electrons. The van der Waals surface area contributed by atoms with Gasteiger partial charge in [0.2, 0.25) is 0 Å². The number of carbonyl (C=O) groups is 2. The van der Waals surface area contributed by atoms with Gasteiger partial charge in [0.1, 0.15) is 6.54 Å².